The van der Waals surface area contributed by atoms with Crippen LogP contribution in [0.1, 0.15) is 47.7 Å². The molecule has 0 heterocycles. The lowest BCUT2D eigenvalue weighted by Gasteiger charge is -2.08. The van der Waals surface area contributed by atoms with Crippen LogP contribution in [-0.4, -0.2) is 30.9 Å². The number of nitrogens with one attached hydrogen (secondary N) is 1. The molecule has 0 aliphatic rings. The molecule has 0 saturated carbocycles. The molecular formula is C23H27NO5. The van der Waals surface area contributed by atoms with Gasteiger partial charge in [0.1, 0.15) is 5.75 Å². The number of Topliss-reactive ketones (excluding diaryl/α,β-unsaturated/α-hetero) is 1. The van der Waals surface area contributed by atoms with E-state index in [1.165, 1.54) is 0 Å². The highest BCUT2D eigenvalue weighted by atomic mass is 16.5. The van der Waals surface area contributed by atoms with Gasteiger partial charge in [0.2, 0.25) is 0 Å². The largest absolute Gasteiger partial charge is 0.494 e. The van der Waals surface area contributed by atoms with Gasteiger partial charge in [-0.3, -0.25) is 14.4 Å². The molecule has 154 valence electrons. The first-order valence-electron chi connectivity index (χ1n) is 9.68. The van der Waals surface area contributed by atoms with E-state index in [0.717, 1.165) is 17.5 Å². The third-order valence-electron chi connectivity index (χ3n) is 4.36. The van der Waals surface area contributed by atoms with Crippen LogP contribution in [-0.2, 0) is 14.3 Å². The van der Waals surface area contributed by atoms with Gasteiger partial charge in [0.25, 0.3) is 5.91 Å². The maximum Gasteiger partial charge on any atom is 0.306 e. The number of hydrogen-bond acceptors (Lipinski definition) is 5. The number of hydrogen-bond donors (Lipinski definition) is 1. The Hall–Kier alpha value is -3.15. The van der Waals surface area contributed by atoms with E-state index in [1.54, 1.807) is 30.3 Å². The molecule has 2 rings (SSSR count). The molecule has 0 aliphatic carbocycles. The normalized spacial score (nSPS) is 10.3. The molecule has 0 spiro atoms. The van der Waals surface area contributed by atoms with Crippen molar-refractivity contribution in [3.05, 3.63) is 59.2 Å². The zero-order chi connectivity index (χ0) is 21.2. The van der Waals surface area contributed by atoms with Crippen molar-refractivity contribution < 1.29 is 23.9 Å². The summed E-state index contributed by atoms with van der Waals surface area (Å²) in [6, 6.07) is 12.4. The lowest BCUT2D eigenvalue weighted by atomic mass is 10.1. The van der Waals surface area contributed by atoms with E-state index >= 15 is 0 Å². The summed E-state index contributed by atoms with van der Waals surface area (Å²) in [5.74, 6) is -0.465. The minimum absolute atomic E-state index is 0.0206. The maximum atomic E-state index is 12.2. The molecule has 6 nitrogen and oxygen atoms in total. The third-order valence-corrected chi connectivity index (χ3v) is 4.36. The SMILES string of the molecule is CCCOc1ccc(C(=O)CCC(=O)OCC(=O)Nc2ccc(C)c(C)c2)cc1. The molecule has 29 heavy (non-hydrogen) atoms. The Morgan fingerprint density at radius 3 is 2.31 bits per heavy atom. The Bertz CT molecular complexity index is 858. The van der Waals surface area contributed by atoms with Gasteiger partial charge in [-0.15, -0.1) is 0 Å². The fraction of sp³-hybridized carbons (Fsp3) is 0.348. The first kappa shape index (κ1) is 22.1. The van der Waals surface area contributed by atoms with Crippen LogP contribution >= 0.6 is 0 Å². The van der Waals surface area contributed by atoms with E-state index in [4.69, 9.17) is 9.47 Å². The fourth-order valence-electron chi connectivity index (χ4n) is 2.55. The molecule has 2 aromatic rings. The van der Waals surface area contributed by atoms with Gasteiger partial charge in [0, 0.05) is 17.7 Å². The maximum absolute atomic E-state index is 12.2. The number of ketones is 1. The van der Waals surface area contributed by atoms with Gasteiger partial charge in [-0.25, -0.2) is 0 Å². The lowest BCUT2D eigenvalue weighted by Crippen LogP contribution is -2.21. The molecule has 1 N–H and O–H groups in total. The van der Waals surface area contributed by atoms with E-state index in [2.05, 4.69) is 5.32 Å². The minimum Gasteiger partial charge on any atom is -0.494 e. The highest BCUT2D eigenvalue weighted by molar-refractivity contribution is 5.98. The number of ether oxygens (including phenoxy) is 2. The summed E-state index contributed by atoms with van der Waals surface area (Å²) in [6.45, 7) is 6.19. The van der Waals surface area contributed by atoms with Crippen molar-refractivity contribution in [2.24, 2.45) is 0 Å². The van der Waals surface area contributed by atoms with Crippen molar-refractivity contribution in [3.8, 4) is 5.75 Å². The van der Waals surface area contributed by atoms with Crippen molar-refractivity contribution in [3.63, 3.8) is 0 Å². The van der Waals surface area contributed by atoms with Crippen LogP contribution < -0.4 is 10.1 Å². The molecule has 0 fully saturated rings. The first-order valence-corrected chi connectivity index (χ1v) is 9.68. The quantitative estimate of drug-likeness (QED) is 0.479. The summed E-state index contributed by atoms with van der Waals surface area (Å²) in [4.78, 5) is 35.9. The number of carbonyl (C=O) groups excluding carboxylic acids is 3. The van der Waals surface area contributed by atoms with Crippen molar-refractivity contribution in [2.75, 3.05) is 18.5 Å². The van der Waals surface area contributed by atoms with Crippen LogP contribution in [0.3, 0.4) is 0 Å². The smallest absolute Gasteiger partial charge is 0.306 e. The topological polar surface area (TPSA) is 81.7 Å². The number of aryl methyl sites for hydroxylation is 2. The van der Waals surface area contributed by atoms with Crippen LogP contribution in [0.2, 0.25) is 0 Å². The molecule has 0 unspecified atom stereocenters. The molecule has 6 heteroatoms. The van der Waals surface area contributed by atoms with E-state index in [0.29, 0.717) is 23.6 Å². The van der Waals surface area contributed by atoms with E-state index in [1.807, 2.05) is 32.9 Å². The molecule has 0 aliphatic heterocycles. The van der Waals surface area contributed by atoms with E-state index in [9.17, 15) is 14.4 Å². The van der Waals surface area contributed by atoms with Crippen LogP contribution in [0.15, 0.2) is 42.5 Å². The molecular weight excluding hydrogens is 370 g/mol. The second-order valence-corrected chi connectivity index (χ2v) is 6.80. The molecule has 0 saturated heterocycles. The molecule has 0 bridgehead atoms. The Morgan fingerprint density at radius 1 is 0.931 bits per heavy atom. The number of esters is 1. The third kappa shape index (κ3) is 7.41. The zero-order valence-electron chi connectivity index (χ0n) is 17.1. The Morgan fingerprint density at radius 2 is 1.66 bits per heavy atom. The Kier molecular flexibility index (Phi) is 8.40. The predicted molar refractivity (Wildman–Crippen MR) is 111 cm³/mol. The van der Waals surface area contributed by atoms with Crippen LogP contribution in [0.5, 0.6) is 5.75 Å². The van der Waals surface area contributed by atoms with Gasteiger partial charge in [0.05, 0.1) is 13.0 Å². The monoisotopic (exact) mass is 397 g/mol. The molecule has 0 radical (unpaired) electrons. The summed E-state index contributed by atoms with van der Waals surface area (Å²) in [6.07, 6.45) is 0.849. The zero-order valence-corrected chi connectivity index (χ0v) is 17.1. The predicted octanol–water partition coefficient (Wildman–Crippen LogP) is 4.24. The second-order valence-electron chi connectivity index (χ2n) is 6.80. The minimum atomic E-state index is -0.587. The molecule has 1 amide bonds. The molecule has 0 aromatic heterocycles. The average Bonchev–Trinajstić information content (AvgIpc) is 2.72. The van der Waals surface area contributed by atoms with Gasteiger partial charge in [0.15, 0.2) is 12.4 Å². The van der Waals surface area contributed by atoms with Gasteiger partial charge in [-0.2, -0.15) is 0 Å². The number of amides is 1. The number of benzene rings is 2. The van der Waals surface area contributed by atoms with Gasteiger partial charge in [-0.05, 0) is 67.8 Å². The number of rotatable bonds is 10. The summed E-state index contributed by atoms with van der Waals surface area (Å²) < 4.78 is 10.4. The van der Waals surface area contributed by atoms with Crippen molar-refractivity contribution in [1.29, 1.82) is 0 Å². The van der Waals surface area contributed by atoms with Crippen molar-refractivity contribution in [1.82, 2.24) is 0 Å². The van der Waals surface area contributed by atoms with Crippen LogP contribution in [0, 0.1) is 13.8 Å². The van der Waals surface area contributed by atoms with Gasteiger partial charge >= 0.3 is 5.97 Å². The first-order chi connectivity index (χ1) is 13.9. The molecule has 0 atom stereocenters. The lowest BCUT2D eigenvalue weighted by molar-refractivity contribution is -0.147. The summed E-state index contributed by atoms with van der Waals surface area (Å²) in [5, 5.41) is 2.68. The summed E-state index contributed by atoms with van der Waals surface area (Å²) in [5.41, 5.74) is 3.34. The van der Waals surface area contributed by atoms with Crippen molar-refractivity contribution >= 4 is 23.3 Å². The Labute approximate surface area is 171 Å². The van der Waals surface area contributed by atoms with E-state index in [-0.39, 0.29) is 25.2 Å². The summed E-state index contributed by atoms with van der Waals surface area (Å²) >= 11 is 0. The van der Waals surface area contributed by atoms with E-state index < -0.39 is 11.9 Å². The van der Waals surface area contributed by atoms with Gasteiger partial charge in [-0.1, -0.05) is 13.0 Å². The van der Waals surface area contributed by atoms with Gasteiger partial charge < -0.3 is 14.8 Å². The fourth-order valence-corrected chi connectivity index (χ4v) is 2.55. The molecule has 2 aromatic carbocycles. The highest BCUT2D eigenvalue weighted by Crippen LogP contribution is 2.15. The van der Waals surface area contributed by atoms with Crippen LogP contribution in [0.25, 0.3) is 0 Å². The number of anilines is 1. The summed E-state index contributed by atoms with van der Waals surface area (Å²) in [7, 11) is 0. The van der Waals surface area contributed by atoms with Crippen molar-refractivity contribution in [2.45, 2.75) is 40.0 Å². The van der Waals surface area contributed by atoms with Crippen LogP contribution in [0.4, 0.5) is 5.69 Å². The second kappa shape index (κ2) is 11.0. The number of carbonyl (C=O) groups is 3. The highest BCUT2D eigenvalue weighted by Gasteiger charge is 2.12. The average molecular weight is 397 g/mol. The standard InChI is InChI=1S/C23H27NO5/c1-4-13-28-20-9-6-18(7-10-20)21(25)11-12-23(27)29-15-22(26)24-19-8-5-16(2)17(3)14-19/h5-10,14H,4,11-13,15H2,1-3H3,(H,24,26). The Balaban J connectivity index is 1.72.